The van der Waals surface area contributed by atoms with Crippen molar-refractivity contribution in [3.05, 3.63) is 90.3 Å². The SMILES string of the molecule is COc1ccc(CN(CC(O)CF)c2cccc3c(Oc4ncccc4-c4ccnc(N[C@H]5CCCN(C(=O)O)C5)n4)c(C)ccc23)cc1OC. The quantitative estimate of drug-likeness (QED) is 0.121. The first-order valence-electron chi connectivity index (χ1n) is 16.7. The van der Waals surface area contributed by atoms with Gasteiger partial charge >= 0.3 is 6.09 Å². The molecule has 3 heterocycles. The summed E-state index contributed by atoms with van der Waals surface area (Å²) in [6.07, 6.45) is 2.72. The molecule has 3 N–H and O–H groups in total. The number of aliphatic hydroxyl groups excluding tert-OH is 1. The zero-order valence-corrected chi connectivity index (χ0v) is 28.8. The van der Waals surface area contributed by atoms with E-state index in [1.165, 1.54) is 4.90 Å². The van der Waals surface area contributed by atoms with Gasteiger partial charge in [-0.25, -0.2) is 24.1 Å². The lowest BCUT2D eigenvalue weighted by atomic mass is 10.0. The summed E-state index contributed by atoms with van der Waals surface area (Å²) in [7, 11) is 3.15. The van der Waals surface area contributed by atoms with Gasteiger partial charge in [0.1, 0.15) is 12.4 Å². The maximum atomic E-state index is 13.7. The molecule has 2 atom stereocenters. The van der Waals surface area contributed by atoms with Gasteiger partial charge in [-0.05, 0) is 67.3 Å². The van der Waals surface area contributed by atoms with Gasteiger partial charge < -0.3 is 39.5 Å². The number of carboxylic acid groups (broad SMARTS) is 1. The molecule has 0 spiro atoms. The van der Waals surface area contributed by atoms with Gasteiger partial charge in [-0.15, -0.1) is 0 Å². The van der Waals surface area contributed by atoms with Crippen LogP contribution in [0, 0.1) is 6.92 Å². The van der Waals surface area contributed by atoms with Crippen LogP contribution in [0.25, 0.3) is 22.0 Å². The van der Waals surface area contributed by atoms with Crippen molar-refractivity contribution in [2.75, 3.05) is 50.7 Å². The Bertz CT molecular complexity index is 2000. The highest BCUT2D eigenvalue weighted by Crippen LogP contribution is 2.40. The number of aromatic nitrogens is 3. The van der Waals surface area contributed by atoms with E-state index >= 15 is 0 Å². The number of ether oxygens (including phenoxy) is 3. The Morgan fingerprint density at radius 3 is 2.67 bits per heavy atom. The molecule has 0 saturated carbocycles. The summed E-state index contributed by atoms with van der Waals surface area (Å²) >= 11 is 0. The molecule has 0 radical (unpaired) electrons. The lowest BCUT2D eigenvalue weighted by Crippen LogP contribution is -2.44. The van der Waals surface area contributed by atoms with Crippen molar-refractivity contribution in [3.63, 3.8) is 0 Å². The first kappa shape index (κ1) is 35.1. The van der Waals surface area contributed by atoms with Crippen molar-refractivity contribution < 1.29 is 33.6 Å². The zero-order valence-electron chi connectivity index (χ0n) is 28.8. The number of fused-ring (bicyclic) bond motifs is 1. The zero-order chi connectivity index (χ0) is 35.9. The van der Waals surface area contributed by atoms with Gasteiger partial charge in [0, 0.05) is 61.1 Å². The van der Waals surface area contributed by atoms with Crippen molar-refractivity contribution in [1.82, 2.24) is 19.9 Å². The second-order valence-corrected chi connectivity index (χ2v) is 12.4. The summed E-state index contributed by atoms with van der Waals surface area (Å²) in [5, 5.41) is 24.9. The molecular formula is C38H41FN6O6. The average Bonchev–Trinajstić information content (AvgIpc) is 3.15. The second kappa shape index (κ2) is 15.9. The number of benzene rings is 3. The molecule has 1 saturated heterocycles. The number of alkyl halides is 1. The van der Waals surface area contributed by atoms with Crippen molar-refractivity contribution in [2.45, 2.75) is 38.5 Å². The molecule has 0 bridgehead atoms. The molecule has 1 fully saturated rings. The number of aryl methyl sites for hydroxylation is 1. The van der Waals surface area contributed by atoms with E-state index in [1.54, 1.807) is 38.7 Å². The number of aliphatic hydroxyl groups is 1. The van der Waals surface area contributed by atoms with Crippen molar-refractivity contribution in [2.24, 2.45) is 0 Å². The molecule has 12 nitrogen and oxygen atoms in total. The van der Waals surface area contributed by atoms with E-state index in [0.717, 1.165) is 40.4 Å². The van der Waals surface area contributed by atoms with E-state index in [9.17, 15) is 19.4 Å². The van der Waals surface area contributed by atoms with E-state index in [1.807, 2.05) is 66.4 Å². The second-order valence-electron chi connectivity index (χ2n) is 12.4. The number of hydrogen-bond donors (Lipinski definition) is 3. The van der Waals surface area contributed by atoms with E-state index in [0.29, 0.717) is 60.0 Å². The topological polar surface area (TPSA) is 142 Å². The van der Waals surface area contributed by atoms with Gasteiger partial charge in [0.05, 0.1) is 31.6 Å². The molecule has 1 unspecified atom stereocenters. The standard InChI is InChI=1S/C38H41FN6O6/c1-24-11-13-28-29(8-4-10-32(28)45(23-27(46)20-39)21-25-12-14-33(49-2)34(19-25)50-3)35(24)51-36-30(9-5-16-40-36)31-15-17-41-37(43-31)42-26-7-6-18-44(22-26)38(47)48/h4-5,8-17,19,26-27,46H,6-7,18,20-23H2,1-3H3,(H,47,48)(H,41,42,43)/t26-,27?/m0/s1. The molecule has 1 aliphatic rings. The first-order valence-corrected chi connectivity index (χ1v) is 16.7. The number of hydrogen-bond acceptors (Lipinski definition) is 10. The number of methoxy groups -OCH3 is 2. The molecule has 6 rings (SSSR count). The summed E-state index contributed by atoms with van der Waals surface area (Å²) in [4.78, 5) is 28.6. The highest BCUT2D eigenvalue weighted by Gasteiger charge is 2.24. The molecule has 51 heavy (non-hydrogen) atoms. The number of anilines is 2. The molecule has 0 aliphatic carbocycles. The van der Waals surface area contributed by atoms with Crippen LogP contribution in [0.5, 0.6) is 23.1 Å². The maximum absolute atomic E-state index is 13.7. The highest BCUT2D eigenvalue weighted by atomic mass is 19.1. The smallest absolute Gasteiger partial charge is 0.407 e. The van der Waals surface area contributed by atoms with Crippen LogP contribution in [0.15, 0.2) is 79.1 Å². The van der Waals surface area contributed by atoms with E-state index in [-0.39, 0.29) is 12.6 Å². The van der Waals surface area contributed by atoms with Gasteiger partial charge in [-0.3, -0.25) is 0 Å². The third-order valence-corrected chi connectivity index (χ3v) is 8.88. The number of likely N-dealkylation sites (tertiary alicyclic amines) is 1. The largest absolute Gasteiger partial charge is 0.493 e. The van der Waals surface area contributed by atoms with Crippen LogP contribution in [0.3, 0.4) is 0 Å². The third-order valence-electron chi connectivity index (χ3n) is 8.88. The molecule has 1 amide bonds. The Hall–Kier alpha value is -5.69. The average molecular weight is 697 g/mol. The minimum atomic E-state index is -1.20. The number of pyridine rings is 1. The van der Waals surface area contributed by atoms with Crippen molar-refractivity contribution in [1.29, 1.82) is 0 Å². The van der Waals surface area contributed by atoms with Gasteiger partial charge in [0.25, 0.3) is 0 Å². The lowest BCUT2D eigenvalue weighted by molar-refractivity contribution is 0.132. The number of halogens is 1. The summed E-state index contributed by atoms with van der Waals surface area (Å²) < 4.78 is 31.2. The van der Waals surface area contributed by atoms with Crippen LogP contribution in [-0.2, 0) is 6.54 Å². The minimum absolute atomic E-state index is 0.0533. The summed E-state index contributed by atoms with van der Waals surface area (Å²) in [5.41, 5.74) is 3.78. The molecule has 266 valence electrons. The molecule has 3 aromatic carbocycles. The van der Waals surface area contributed by atoms with E-state index in [4.69, 9.17) is 19.2 Å². The molecule has 2 aromatic heterocycles. The van der Waals surface area contributed by atoms with Crippen molar-refractivity contribution >= 4 is 28.5 Å². The van der Waals surface area contributed by atoms with Crippen LogP contribution in [-0.4, -0.2) is 88.8 Å². The molecule has 5 aromatic rings. The maximum Gasteiger partial charge on any atom is 0.407 e. The molecule has 1 aliphatic heterocycles. The minimum Gasteiger partial charge on any atom is -0.493 e. The number of amides is 1. The number of nitrogens with zero attached hydrogens (tertiary/aromatic N) is 5. The summed E-state index contributed by atoms with van der Waals surface area (Å²) in [6.45, 7) is 2.35. The lowest BCUT2D eigenvalue weighted by Gasteiger charge is -2.31. The molecule has 13 heteroatoms. The number of nitrogens with one attached hydrogen (secondary N) is 1. The Labute approximate surface area is 295 Å². The molecular weight excluding hydrogens is 655 g/mol. The van der Waals surface area contributed by atoms with Gasteiger partial charge in [0.2, 0.25) is 11.8 Å². The Kier molecular flexibility index (Phi) is 11.0. The van der Waals surface area contributed by atoms with Gasteiger partial charge in [-0.1, -0.05) is 30.3 Å². The summed E-state index contributed by atoms with van der Waals surface area (Å²) in [5.74, 6) is 2.48. The fraction of sp³-hybridized carbons (Fsp3) is 0.316. The highest BCUT2D eigenvalue weighted by molar-refractivity contribution is 5.99. The van der Waals surface area contributed by atoms with Crippen LogP contribution in [0.4, 0.5) is 20.8 Å². The normalized spacial score (nSPS) is 14.9. The first-order chi connectivity index (χ1) is 24.8. The summed E-state index contributed by atoms with van der Waals surface area (Å²) in [6, 6.07) is 20.7. The number of piperidine rings is 1. The fourth-order valence-electron chi connectivity index (χ4n) is 6.38. The number of carbonyl (C=O) groups is 1. The monoisotopic (exact) mass is 696 g/mol. The Morgan fingerprint density at radius 1 is 1.04 bits per heavy atom. The predicted molar refractivity (Wildman–Crippen MR) is 193 cm³/mol. The van der Waals surface area contributed by atoms with Crippen LogP contribution >= 0.6 is 0 Å². The van der Waals surface area contributed by atoms with Gasteiger partial charge in [0.15, 0.2) is 11.5 Å². The predicted octanol–water partition coefficient (Wildman–Crippen LogP) is 6.70. The van der Waals surface area contributed by atoms with E-state index in [2.05, 4.69) is 15.3 Å². The number of rotatable bonds is 13. The van der Waals surface area contributed by atoms with Crippen molar-refractivity contribution in [3.8, 4) is 34.4 Å². The fourth-order valence-corrected chi connectivity index (χ4v) is 6.38. The van der Waals surface area contributed by atoms with Crippen LogP contribution < -0.4 is 24.4 Å². The Balaban J connectivity index is 1.32. The van der Waals surface area contributed by atoms with Gasteiger partial charge in [-0.2, -0.15) is 0 Å². The Morgan fingerprint density at radius 2 is 1.88 bits per heavy atom. The van der Waals surface area contributed by atoms with Crippen LogP contribution in [0.1, 0.15) is 24.0 Å². The van der Waals surface area contributed by atoms with Crippen LogP contribution in [0.2, 0.25) is 0 Å². The van der Waals surface area contributed by atoms with E-state index < -0.39 is 18.9 Å². The third kappa shape index (κ3) is 8.04.